The van der Waals surface area contributed by atoms with E-state index in [1.54, 1.807) is 6.08 Å². The largest absolute Gasteiger partial charge is 0.460 e. The van der Waals surface area contributed by atoms with E-state index < -0.39 is 47.3 Å². The van der Waals surface area contributed by atoms with Gasteiger partial charge < -0.3 is 4.74 Å². The average Bonchev–Trinajstić information content (AvgIpc) is 2.98. The van der Waals surface area contributed by atoms with E-state index in [0.717, 1.165) is 0 Å². The quantitative estimate of drug-likeness (QED) is 0.361. The summed E-state index contributed by atoms with van der Waals surface area (Å²) in [5, 5.41) is 0. The van der Waals surface area contributed by atoms with E-state index >= 15 is 0 Å². The summed E-state index contributed by atoms with van der Waals surface area (Å²) in [6.45, 7) is 4.70. The number of hydrogen-bond donors (Lipinski definition) is 0. The Labute approximate surface area is 125 Å². The molecule has 2 atom stereocenters. The van der Waals surface area contributed by atoms with Crippen molar-refractivity contribution in [3.05, 3.63) is 47.1 Å². The maximum Gasteiger partial charge on any atom is 0.310 e. The molecule has 0 bridgehead atoms. The molecule has 120 valence electrons. The lowest BCUT2D eigenvalue weighted by Gasteiger charge is -2.09. The summed E-state index contributed by atoms with van der Waals surface area (Å²) in [7, 11) is 0. The summed E-state index contributed by atoms with van der Waals surface area (Å²) < 4.78 is 57.9. The van der Waals surface area contributed by atoms with Gasteiger partial charge in [0, 0.05) is 6.07 Å². The molecule has 0 spiro atoms. The Morgan fingerprint density at radius 1 is 1.23 bits per heavy atom. The van der Waals surface area contributed by atoms with Crippen molar-refractivity contribution in [3.8, 4) is 0 Å². The number of ether oxygens (including phenoxy) is 1. The van der Waals surface area contributed by atoms with Crippen LogP contribution in [-0.4, -0.2) is 5.97 Å². The molecule has 2 rings (SSSR count). The first-order valence-corrected chi connectivity index (χ1v) is 6.83. The number of carbonyl (C=O) groups excluding carboxylic acids is 1. The highest BCUT2D eigenvalue weighted by atomic mass is 19.2. The maximum absolute atomic E-state index is 13.5. The maximum atomic E-state index is 13.5. The zero-order valence-corrected chi connectivity index (χ0v) is 12.4. The second-order valence-corrected chi connectivity index (χ2v) is 5.91. The van der Waals surface area contributed by atoms with Gasteiger partial charge in [-0.2, -0.15) is 0 Å². The van der Waals surface area contributed by atoms with E-state index in [9.17, 15) is 22.4 Å². The number of allylic oxidation sites excluding steroid dienone is 2. The molecule has 0 heterocycles. The zero-order chi connectivity index (χ0) is 16.7. The first-order chi connectivity index (χ1) is 10.2. The minimum atomic E-state index is -1.55. The van der Waals surface area contributed by atoms with Gasteiger partial charge >= 0.3 is 5.97 Å². The Morgan fingerprint density at radius 2 is 1.77 bits per heavy atom. The fraction of sp³-hybridized carbons (Fsp3) is 0.438. The molecule has 0 aromatic heterocycles. The Bertz CT molecular complexity index is 611. The molecule has 1 saturated carbocycles. The van der Waals surface area contributed by atoms with Crippen LogP contribution in [0.1, 0.15) is 26.3 Å². The summed E-state index contributed by atoms with van der Waals surface area (Å²) in [5.41, 5.74) is -1.24. The molecular weight excluding hydrogens is 300 g/mol. The monoisotopic (exact) mass is 316 g/mol. The predicted molar refractivity (Wildman–Crippen MR) is 71.6 cm³/mol. The van der Waals surface area contributed by atoms with Crippen LogP contribution in [0, 0.1) is 40.5 Å². The lowest BCUT2D eigenvalue weighted by Crippen LogP contribution is -2.13. The molecule has 2 nitrogen and oxygen atoms in total. The summed E-state index contributed by atoms with van der Waals surface area (Å²) in [4.78, 5) is 12.0. The highest BCUT2D eigenvalue weighted by Crippen LogP contribution is 2.59. The van der Waals surface area contributed by atoms with Crippen molar-refractivity contribution >= 4 is 5.97 Å². The molecular formula is C16H16F4O2. The van der Waals surface area contributed by atoms with Crippen molar-refractivity contribution in [2.45, 2.75) is 27.4 Å². The van der Waals surface area contributed by atoms with Crippen LogP contribution in [0.2, 0.25) is 0 Å². The number of halogens is 4. The molecule has 6 heteroatoms. The third-order valence-electron chi connectivity index (χ3n) is 4.13. The van der Waals surface area contributed by atoms with Crippen molar-refractivity contribution in [2.24, 2.45) is 17.3 Å². The third-order valence-corrected chi connectivity index (χ3v) is 4.13. The zero-order valence-electron chi connectivity index (χ0n) is 12.4. The first-order valence-electron chi connectivity index (χ1n) is 6.83. The van der Waals surface area contributed by atoms with Crippen LogP contribution in [0.3, 0.4) is 0 Å². The Hall–Kier alpha value is -1.85. The lowest BCUT2D eigenvalue weighted by atomic mass is 10.1. The van der Waals surface area contributed by atoms with E-state index in [1.165, 1.54) is 0 Å². The van der Waals surface area contributed by atoms with E-state index in [1.807, 2.05) is 26.8 Å². The van der Waals surface area contributed by atoms with E-state index in [-0.39, 0.29) is 17.4 Å². The van der Waals surface area contributed by atoms with Crippen molar-refractivity contribution in [3.63, 3.8) is 0 Å². The van der Waals surface area contributed by atoms with Crippen LogP contribution in [0.4, 0.5) is 17.6 Å². The molecule has 0 aliphatic heterocycles. The summed E-state index contributed by atoms with van der Waals surface area (Å²) >= 11 is 0. The first kappa shape index (κ1) is 16.5. The van der Waals surface area contributed by atoms with Gasteiger partial charge in [0.15, 0.2) is 23.3 Å². The average molecular weight is 316 g/mol. The molecule has 1 aromatic carbocycles. The molecule has 1 aliphatic carbocycles. The molecule has 22 heavy (non-hydrogen) atoms. The number of hydrogen-bond acceptors (Lipinski definition) is 2. The summed E-state index contributed by atoms with van der Waals surface area (Å²) in [6.07, 6.45) is 3.66. The summed E-state index contributed by atoms with van der Waals surface area (Å²) in [5.74, 6) is -7.25. The van der Waals surface area contributed by atoms with Crippen LogP contribution in [0.25, 0.3) is 0 Å². The fourth-order valence-corrected chi connectivity index (χ4v) is 2.68. The van der Waals surface area contributed by atoms with Gasteiger partial charge in [0.2, 0.25) is 0 Å². The van der Waals surface area contributed by atoms with Gasteiger partial charge in [-0.15, -0.1) is 0 Å². The van der Waals surface area contributed by atoms with Crippen LogP contribution in [0.15, 0.2) is 18.2 Å². The molecule has 2 unspecified atom stereocenters. The molecule has 0 amide bonds. The van der Waals surface area contributed by atoms with Gasteiger partial charge in [0.25, 0.3) is 0 Å². The minimum Gasteiger partial charge on any atom is -0.460 e. The Kier molecular flexibility index (Phi) is 4.31. The standard InChI is InChI=1S/C16H16F4O2/c1-4-5-9-12(16(9,2)3)15(21)22-7-8-13(19)10(17)6-11(18)14(8)20/h4-6,9,12H,7H2,1-3H3/b5-4-. The molecule has 0 saturated heterocycles. The van der Waals surface area contributed by atoms with Crippen LogP contribution in [0.5, 0.6) is 0 Å². The van der Waals surface area contributed by atoms with Gasteiger partial charge in [0.1, 0.15) is 6.61 Å². The second-order valence-electron chi connectivity index (χ2n) is 5.91. The molecule has 1 fully saturated rings. The van der Waals surface area contributed by atoms with E-state index in [2.05, 4.69) is 0 Å². The highest BCUT2D eigenvalue weighted by molar-refractivity contribution is 5.78. The van der Waals surface area contributed by atoms with Crippen molar-refractivity contribution in [2.75, 3.05) is 0 Å². The van der Waals surface area contributed by atoms with Gasteiger partial charge in [0.05, 0.1) is 11.5 Å². The topological polar surface area (TPSA) is 26.3 Å². The number of esters is 1. The predicted octanol–water partition coefficient (Wildman–Crippen LogP) is 4.13. The van der Waals surface area contributed by atoms with Crippen LogP contribution < -0.4 is 0 Å². The van der Waals surface area contributed by atoms with Gasteiger partial charge in [-0.1, -0.05) is 26.0 Å². The SMILES string of the molecule is C/C=C\C1C(C(=O)OCc2c(F)c(F)cc(F)c2F)C1(C)C. The molecule has 1 aromatic rings. The van der Waals surface area contributed by atoms with Crippen molar-refractivity contribution in [1.29, 1.82) is 0 Å². The van der Waals surface area contributed by atoms with Gasteiger partial charge in [-0.25, -0.2) is 17.6 Å². The number of benzene rings is 1. The van der Waals surface area contributed by atoms with Gasteiger partial charge in [-0.05, 0) is 18.3 Å². The molecule has 0 N–H and O–H groups in total. The third kappa shape index (κ3) is 2.74. The van der Waals surface area contributed by atoms with E-state index in [0.29, 0.717) is 0 Å². The number of rotatable bonds is 4. The molecule has 0 radical (unpaired) electrons. The lowest BCUT2D eigenvalue weighted by molar-refractivity contribution is -0.147. The van der Waals surface area contributed by atoms with Gasteiger partial charge in [-0.3, -0.25) is 4.79 Å². The second kappa shape index (κ2) is 5.74. The Balaban J connectivity index is 2.10. The van der Waals surface area contributed by atoms with Crippen LogP contribution >= 0.6 is 0 Å². The normalized spacial score (nSPS) is 22.9. The molecule has 1 aliphatic rings. The van der Waals surface area contributed by atoms with Crippen LogP contribution in [-0.2, 0) is 16.1 Å². The summed E-state index contributed by atoms with van der Waals surface area (Å²) in [6, 6.07) is 0.113. The number of carbonyl (C=O) groups is 1. The van der Waals surface area contributed by atoms with Crippen molar-refractivity contribution < 1.29 is 27.1 Å². The highest BCUT2D eigenvalue weighted by Gasteiger charge is 2.61. The minimum absolute atomic E-state index is 0.0241. The van der Waals surface area contributed by atoms with E-state index in [4.69, 9.17) is 4.74 Å². The Morgan fingerprint density at radius 3 is 2.27 bits per heavy atom. The fourth-order valence-electron chi connectivity index (χ4n) is 2.68. The van der Waals surface area contributed by atoms with Crippen molar-refractivity contribution in [1.82, 2.24) is 0 Å². The smallest absolute Gasteiger partial charge is 0.310 e.